The lowest BCUT2D eigenvalue weighted by Crippen LogP contribution is -2.38. The molecule has 0 saturated carbocycles. The zero-order valence-corrected chi connectivity index (χ0v) is 29.4. The third-order valence-corrected chi connectivity index (χ3v) is 9.20. The summed E-state index contributed by atoms with van der Waals surface area (Å²) >= 11 is 0. The molecule has 0 spiro atoms. The van der Waals surface area contributed by atoms with Crippen LogP contribution >= 0.6 is 0 Å². The van der Waals surface area contributed by atoms with E-state index >= 15 is 0 Å². The van der Waals surface area contributed by atoms with Gasteiger partial charge in [0.15, 0.2) is 6.29 Å². The van der Waals surface area contributed by atoms with Crippen molar-refractivity contribution in [2.24, 2.45) is 0 Å². The average Bonchev–Trinajstić information content (AvgIpc) is 3.18. The number of aliphatic hydroxyl groups excluding tert-OH is 1. The van der Waals surface area contributed by atoms with Gasteiger partial charge in [0, 0.05) is 62.8 Å². The van der Waals surface area contributed by atoms with Crippen LogP contribution in [-0.4, -0.2) is 58.3 Å². The summed E-state index contributed by atoms with van der Waals surface area (Å²) < 4.78 is 13.3. The van der Waals surface area contributed by atoms with Gasteiger partial charge in [-0.1, -0.05) is 79.6 Å². The van der Waals surface area contributed by atoms with E-state index in [9.17, 15) is 14.7 Å². The molecular weight excluding hydrogens is 644 g/mol. The fourth-order valence-electron chi connectivity index (χ4n) is 6.32. The first-order chi connectivity index (χ1) is 24.9. The Balaban J connectivity index is 1.21. The Morgan fingerprint density at radius 2 is 1.57 bits per heavy atom. The van der Waals surface area contributed by atoms with Crippen LogP contribution in [0.25, 0.3) is 11.1 Å². The van der Waals surface area contributed by atoms with Crippen LogP contribution in [0.4, 0.5) is 0 Å². The van der Waals surface area contributed by atoms with E-state index in [1.165, 1.54) is 0 Å². The Morgan fingerprint density at radius 1 is 0.824 bits per heavy atom. The molecule has 1 fully saturated rings. The lowest BCUT2D eigenvalue weighted by atomic mass is 9.98. The van der Waals surface area contributed by atoms with Gasteiger partial charge < -0.3 is 24.8 Å². The van der Waals surface area contributed by atoms with E-state index in [2.05, 4.69) is 52.6 Å². The lowest BCUT2D eigenvalue weighted by molar-refractivity contribution is -0.252. The van der Waals surface area contributed by atoms with E-state index in [1.54, 1.807) is 5.48 Å². The first-order valence-electron chi connectivity index (χ1n) is 17.9. The van der Waals surface area contributed by atoms with Crippen LogP contribution in [0, 0.1) is 0 Å². The molecule has 4 N–H and O–H groups in total. The zero-order valence-electron chi connectivity index (χ0n) is 29.4. The van der Waals surface area contributed by atoms with E-state index < -0.39 is 6.29 Å². The van der Waals surface area contributed by atoms with Crippen LogP contribution in [0.5, 0.6) is 0 Å². The van der Waals surface area contributed by atoms with Crippen molar-refractivity contribution in [1.29, 1.82) is 0 Å². The van der Waals surface area contributed by atoms with Gasteiger partial charge in [0.2, 0.25) is 11.8 Å². The maximum Gasteiger partial charge on any atom is 0.243 e. The van der Waals surface area contributed by atoms with E-state index in [1.807, 2.05) is 66.9 Å². The van der Waals surface area contributed by atoms with Crippen molar-refractivity contribution in [2.75, 3.05) is 20.1 Å². The van der Waals surface area contributed by atoms with Gasteiger partial charge in [0.05, 0.1) is 18.8 Å². The van der Waals surface area contributed by atoms with Gasteiger partial charge in [-0.2, -0.15) is 0 Å². The number of rotatable bonds is 18. The zero-order chi connectivity index (χ0) is 35.8. The van der Waals surface area contributed by atoms with Crippen LogP contribution in [-0.2, 0) is 38.6 Å². The molecule has 1 saturated heterocycles. The number of carbonyl (C=O) groups excluding carboxylic acids is 2. The van der Waals surface area contributed by atoms with Crippen molar-refractivity contribution >= 4 is 11.8 Å². The molecule has 2 heterocycles. The molecule has 0 bridgehead atoms. The second-order valence-corrected chi connectivity index (χ2v) is 13.2. The number of nitrogens with one attached hydrogen (secondary N) is 2. The third kappa shape index (κ3) is 12.1. The number of unbranched alkanes of at least 4 members (excludes halogenated alkanes) is 3. The molecule has 1 aliphatic heterocycles. The van der Waals surface area contributed by atoms with Gasteiger partial charge in [-0.25, -0.2) is 5.48 Å². The average molecular weight is 695 g/mol. The fourth-order valence-corrected chi connectivity index (χ4v) is 6.32. The first-order valence-corrected chi connectivity index (χ1v) is 17.9. The number of aromatic nitrogens is 1. The number of pyridine rings is 1. The Bertz CT molecular complexity index is 1670. The van der Waals surface area contributed by atoms with Gasteiger partial charge in [0.25, 0.3) is 0 Å². The smallest absolute Gasteiger partial charge is 0.243 e. The highest BCUT2D eigenvalue weighted by molar-refractivity contribution is 5.76. The van der Waals surface area contributed by atoms with E-state index in [-0.39, 0.29) is 37.0 Å². The number of ether oxygens (including phenoxy) is 2. The summed E-state index contributed by atoms with van der Waals surface area (Å²) in [5, 5.41) is 21.2. The largest absolute Gasteiger partial charge is 0.392 e. The summed E-state index contributed by atoms with van der Waals surface area (Å²) in [6.07, 6.45) is 6.44. The minimum absolute atomic E-state index is 0.000385. The van der Waals surface area contributed by atoms with E-state index in [4.69, 9.17) is 14.7 Å². The van der Waals surface area contributed by atoms with Gasteiger partial charge in [0.1, 0.15) is 0 Å². The monoisotopic (exact) mass is 694 g/mol. The molecule has 270 valence electrons. The molecule has 2 amide bonds. The normalized spacial score (nSPS) is 17.3. The number of hydrogen-bond acceptors (Lipinski definition) is 8. The molecule has 1 aromatic heterocycles. The Labute approximate surface area is 300 Å². The van der Waals surface area contributed by atoms with E-state index in [0.29, 0.717) is 25.8 Å². The summed E-state index contributed by atoms with van der Waals surface area (Å²) in [5.41, 5.74) is 8.63. The second-order valence-electron chi connectivity index (χ2n) is 13.2. The summed E-state index contributed by atoms with van der Waals surface area (Å²) in [5.74, 6) is -0.382. The Hall–Kier alpha value is -4.45. The molecule has 0 aliphatic carbocycles. The first kappa shape index (κ1) is 37.8. The topological polar surface area (TPSA) is 133 Å². The van der Waals surface area contributed by atoms with Crippen LogP contribution in [0.3, 0.4) is 0 Å². The molecular formula is C41H50N4O6. The number of hydroxylamine groups is 1. The van der Waals surface area contributed by atoms with Crippen molar-refractivity contribution in [3.63, 3.8) is 0 Å². The quantitative estimate of drug-likeness (QED) is 0.0533. The minimum atomic E-state index is -0.565. The molecule has 10 heteroatoms. The second kappa shape index (κ2) is 19.8. The minimum Gasteiger partial charge on any atom is -0.392 e. The van der Waals surface area contributed by atoms with E-state index in [0.717, 1.165) is 77.8 Å². The number of nitrogens with zero attached hydrogens (tertiary/aromatic N) is 2. The fraction of sp³-hybridized carbons (Fsp3) is 0.390. The maximum atomic E-state index is 12.5. The van der Waals surface area contributed by atoms with Crippen molar-refractivity contribution in [3.05, 3.63) is 125 Å². The summed E-state index contributed by atoms with van der Waals surface area (Å²) in [4.78, 5) is 30.3. The van der Waals surface area contributed by atoms with Crippen molar-refractivity contribution < 1.29 is 29.4 Å². The summed E-state index contributed by atoms with van der Waals surface area (Å²) in [6, 6.07) is 30.4. The number of carbonyl (C=O) groups is 2. The number of hydrogen-bond donors (Lipinski definition) is 4. The lowest BCUT2D eigenvalue weighted by Gasteiger charge is -2.38. The highest BCUT2D eigenvalue weighted by Gasteiger charge is 2.33. The molecule has 3 atom stereocenters. The predicted octanol–water partition coefficient (Wildman–Crippen LogP) is 6.42. The summed E-state index contributed by atoms with van der Waals surface area (Å²) in [6.45, 7) is 2.04. The number of amides is 2. The molecule has 5 rings (SSSR count). The number of likely N-dealkylation sites (N-methyl/N-ethyl adjacent to an activating group) is 1. The van der Waals surface area contributed by atoms with Crippen LogP contribution < -0.4 is 10.8 Å². The molecule has 1 aliphatic rings. The van der Waals surface area contributed by atoms with Gasteiger partial charge in [-0.15, -0.1) is 0 Å². The van der Waals surface area contributed by atoms with Crippen LogP contribution in [0.15, 0.2) is 97.2 Å². The van der Waals surface area contributed by atoms with Crippen molar-refractivity contribution in [2.45, 2.75) is 83.0 Å². The Kier molecular flexibility index (Phi) is 14.7. The van der Waals surface area contributed by atoms with Gasteiger partial charge >= 0.3 is 0 Å². The SMILES string of the molecule is CN(CCc1ccccn1)C[C@@H]1C[C@H](c2ccc(CO)cc2)O[C@H](c2cccc(-c3cccc(CNC(=O)CCCCCCC(=O)NO)c3)c2)O1. The van der Waals surface area contributed by atoms with Crippen molar-refractivity contribution in [1.82, 2.24) is 20.7 Å². The van der Waals surface area contributed by atoms with Gasteiger partial charge in [-0.3, -0.25) is 19.8 Å². The Morgan fingerprint density at radius 3 is 2.29 bits per heavy atom. The molecule has 10 nitrogen and oxygen atoms in total. The number of aliphatic hydroxyl groups is 1. The molecule has 4 aromatic rings. The summed E-state index contributed by atoms with van der Waals surface area (Å²) in [7, 11) is 2.11. The molecule has 3 aromatic carbocycles. The highest BCUT2D eigenvalue weighted by Crippen LogP contribution is 2.39. The molecule has 0 unspecified atom stereocenters. The van der Waals surface area contributed by atoms with Crippen molar-refractivity contribution in [3.8, 4) is 11.1 Å². The third-order valence-electron chi connectivity index (χ3n) is 9.20. The van der Waals surface area contributed by atoms with Crippen LogP contribution in [0.2, 0.25) is 0 Å². The number of benzene rings is 3. The molecule has 0 radical (unpaired) electrons. The molecule has 51 heavy (non-hydrogen) atoms. The maximum absolute atomic E-state index is 12.5. The predicted molar refractivity (Wildman–Crippen MR) is 195 cm³/mol. The highest BCUT2D eigenvalue weighted by atomic mass is 16.7. The van der Waals surface area contributed by atoms with Gasteiger partial charge in [-0.05, 0) is 72.0 Å². The van der Waals surface area contributed by atoms with Crippen LogP contribution in [0.1, 0.15) is 85.3 Å². The standard InChI is InChI=1S/C41H50N4O6/c1-45(23-21-36-14-6-7-22-42-36)28-37-26-38(32-19-17-30(29-46)18-20-32)51-41(50-37)35-13-9-12-34(25-35)33-11-8-10-31(24-33)27-43-39(47)15-4-2-3-5-16-40(48)44-49/h6-14,17-20,22,24-25,37-38,41,46,49H,2-5,15-16,21,23,26-29H2,1H3,(H,43,47)(H,44,48)/t37-,38+,41+/m0/s1.